The largest absolute Gasteiger partial charge is 0.490 e. The Balaban J connectivity index is 2.82. The number of rotatable bonds is 2. The second kappa shape index (κ2) is 3.93. The van der Waals surface area contributed by atoms with E-state index in [1.807, 2.05) is 0 Å². The average molecular weight is 241 g/mol. The lowest BCUT2D eigenvalue weighted by Gasteiger charge is -2.43. The molecule has 1 aliphatic carbocycles. The van der Waals surface area contributed by atoms with Gasteiger partial charge in [0.15, 0.2) is 0 Å². The minimum Gasteiger partial charge on any atom is -0.466 e. The number of nitrogens with two attached hydrogens (primary N) is 1. The Bertz CT molecular complexity index is 317. The van der Waals surface area contributed by atoms with Crippen molar-refractivity contribution in [3.8, 4) is 0 Å². The fraction of sp³-hybridized carbons (Fsp3) is 0.750. The minimum atomic E-state index is -5.16. The Morgan fingerprint density at radius 3 is 2.25 bits per heavy atom. The molecule has 5 nitrogen and oxygen atoms in total. The molecular weight excluding hydrogens is 231 g/mol. The van der Waals surface area contributed by atoms with Gasteiger partial charge >= 0.3 is 18.1 Å². The summed E-state index contributed by atoms with van der Waals surface area (Å²) in [5.74, 6) is -3.50. The van der Waals surface area contributed by atoms with Gasteiger partial charge in [-0.25, -0.2) is 9.59 Å². The molecule has 0 aromatic heterocycles. The predicted octanol–water partition coefficient (Wildman–Crippen LogP) is 0.125. The molecule has 0 spiro atoms. The topological polar surface area (TPSA) is 78.6 Å². The van der Waals surface area contributed by atoms with E-state index in [1.165, 1.54) is 0 Å². The van der Waals surface area contributed by atoms with Gasteiger partial charge in [-0.3, -0.25) is 0 Å². The standard InChI is InChI=1S/C8H10F3NO4/c1-15-5(13)7(3-2-4(7)12)16-6(14)8(9,10)11/h4H,2-3,12H2,1H3/t4-,7+/m0/s1. The van der Waals surface area contributed by atoms with Crippen LogP contribution in [-0.4, -0.2) is 36.9 Å². The zero-order valence-corrected chi connectivity index (χ0v) is 8.34. The summed E-state index contributed by atoms with van der Waals surface area (Å²) < 4.78 is 44.3. The molecule has 1 saturated carbocycles. The summed E-state index contributed by atoms with van der Waals surface area (Å²) in [6.07, 6.45) is -4.93. The number of hydrogen-bond acceptors (Lipinski definition) is 5. The quantitative estimate of drug-likeness (QED) is 0.695. The van der Waals surface area contributed by atoms with Crippen LogP contribution in [0.15, 0.2) is 0 Å². The smallest absolute Gasteiger partial charge is 0.466 e. The molecule has 0 radical (unpaired) electrons. The van der Waals surface area contributed by atoms with Gasteiger partial charge in [-0.2, -0.15) is 13.2 Å². The lowest BCUT2D eigenvalue weighted by atomic mass is 9.75. The lowest BCUT2D eigenvalue weighted by molar-refractivity contribution is -0.228. The van der Waals surface area contributed by atoms with Gasteiger partial charge in [0, 0.05) is 6.42 Å². The molecule has 1 aliphatic rings. The normalized spacial score (nSPS) is 29.2. The van der Waals surface area contributed by atoms with Crippen LogP contribution in [0, 0.1) is 0 Å². The SMILES string of the molecule is COC(=O)[C@@]1(OC(=O)C(F)(F)F)CC[C@@H]1N. The van der Waals surface area contributed by atoms with Gasteiger partial charge in [-0.05, 0) is 6.42 Å². The molecule has 8 heteroatoms. The van der Waals surface area contributed by atoms with E-state index in [0.717, 1.165) is 7.11 Å². The number of alkyl halides is 3. The van der Waals surface area contributed by atoms with Crippen LogP contribution in [-0.2, 0) is 19.1 Å². The molecule has 0 heterocycles. The van der Waals surface area contributed by atoms with Gasteiger partial charge < -0.3 is 15.2 Å². The first kappa shape index (κ1) is 12.8. The van der Waals surface area contributed by atoms with Crippen molar-refractivity contribution in [3.63, 3.8) is 0 Å². The predicted molar refractivity (Wildman–Crippen MR) is 44.1 cm³/mol. The summed E-state index contributed by atoms with van der Waals surface area (Å²) in [5.41, 5.74) is 3.40. The average Bonchev–Trinajstić information content (AvgIpc) is 2.20. The number of methoxy groups -OCH3 is 1. The van der Waals surface area contributed by atoms with Crippen LogP contribution in [0.1, 0.15) is 12.8 Å². The fourth-order valence-corrected chi connectivity index (χ4v) is 1.39. The Morgan fingerprint density at radius 2 is 2.00 bits per heavy atom. The van der Waals surface area contributed by atoms with E-state index in [-0.39, 0.29) is 6.42 Å². The molecule has 0 saturated heterocycles. The van der Waals surface area contributed by atoms with E-state index in [0.29, 0.717) is 6.42 Å². The highest BCUT2D eigenvalue weighted by molar-refractivity contribution is 5.87. The van der Waals surface area contributed by atoms with Crippen molar-refractivity contribution in [2.24, 2.45) is 5.73 Å². The van der Waals surface area contributed by atoms with Crippen LogP contribution >= 0.6 is 0 Å². The number of hydrogen-bond donors (Lipinski definition) is 1. The van der Waals surface area contributed by atoms with Crippen molar-refractivity contribution in [1.29, 1.82) is 0 Å². The van der Waals surface area contributed by atoms with Crippen molar-refractivity contribution >= 4 is 11.9 Å². The third kappa shape index (κ3) is 1.97. The maximum atomic E-state index is 12.0. The first-order valence-corrected chi connectivity index (χ1v) is 4.38. The summed E-state index contributed by atoms with van der Waals surface area (Å²) in [6, 6.07) is -0.966. The van der Waals surface area contributed by atoms with E-state index in [2.05, 4.69) is 9.47 Å². The molecule has 0 bridgehead atoms. The van der Waals surface area contributed by atoms with Crippen molar-refractivity contribution in [2.75, 3.05) is 7.11 Å². The highest BCUT2D eigenvalue weighted by atomic mass is 19.4. The Morgan fingerprint density at radius 1 is 1.44 bits per heavy atom. The highest BCUT2D eigenvalue weighted by Crippen LogP contribution is 2.37. The van der Waals surface area contributed by atoms with Gasteiger partial charge in [0.2, 0.25) is 5.60 Å². The summed E-state index contributed by atoms with van der Waals surface area (Å²) in [7, 11) is 0.983. The van der Waals surface area contributed by atoms with Crippen LogP contribution in [0.4, 0.5) is 13.2 Å². The van der Waals surface area contributed by atoms with Gasteiger partial charge in [0.25, 0.3) is 0 Å². The third-order valence-corrected chi connectivity index (χ3v) is 2.46. The Labute approximate surface area is 88.7 Å². The van der Waals surface area contributed by atoms with Gasteiger partial charge in [-0.15, -0.1) is 0 Å². The number of carbonyl (C=O) groups excluding carboxylic acids is 2. The number of ether oxygens (including phenoxy) is 2. The highest BCUT2D eigenvalue weighted by Gasteiger charge is 2.59. The van der Waals surface area contributed by atoms with Gasteiger partial charge in [0.1, 0.15) is 0 Å². The Kier molecular flexibility index (Phi) is 3.13. The van der Waals surface area contributed by atoms with Crippen LogP contribution in [0.25, 0.3) is 0 Å². The third-order valence-electron chi connectivity index (χ3n) is 2.46. The van der Waals surface area contributed by atoms with Gasteiger partial charge in [0.05, 0.1) is 13.2 Å². The second-order valence-electron chi connectivity index (χ2n) is 3.41. The maximum Gasteiger partial charge on any atom is 0.490 e. The fourth-order valence-electron chi connectivity index (χ4n) is 1.39. The summed E-state index contributed by atoms with van der Waals surface area (Å²) in [4.78, 5) is 21.9. The number of halogens is 3. The van der Waals surface area contributed by atoms with Gasteiger partial charge in [-0.1, -0.05) is 0 Å². The monoisotopic (exact) mass is 241 g/mol. The molecule has 0 aromatic carbocycles. The minimum absolute atomic E-state index is 0.0668. The van der Waals surface area contributed by atoms with E-state index < -0.39 is 29.8 Å². The van der Waals surface area contributed by atoms with E-state index in [1.54, 1.807) is 0 Å². The number of esters is 2. The van der Waals surface area contributed by atoms with E-state index in [4.69, 9.17) is 5.73 Å². The molecule has 0 amide bonds. The second-order valence-corrected chi connectivity index (χ2v) is 3.41. The van der Waals surface area contributed by atoms with Crippen molar-refractivity contribution < 1.29 is 32.2 Å². The van der Waals surface area contributed by atoms with E-state index >= 15 is 0 Å². The molecule has 0 aliphatic heterocycles. The molecule has 16 heavy (non-hydrogen) atoms. The molecule has 0 aromatic rings. The maximum absolute atomic E-state index is 12.0. The van der Waals surface area contributed by atoms with Crippen LogP contribution in [0.2, 0.25) is 0 Å². The van der Waals surface area contributed by atoms with Crippen LogP contribution < -0.4 is 5.73 Å². The summed E-state index contributed by atoms with van der Waals surface area (Å²) in [5, 5.41) is 0. The van der Waals surface area contributed by atoms with Crippen LogP contribution in [0.5, 0.6) is 0 Å². The first-order valence-electron chi connectivity index (χ1n) is 4.38. The van der Waals surface area contributed by atoms with Crippen LogP contribution in [0.3, 0.4) is 0 Å². The zero-order valence-electron chi connectivity index (χ0n) is 8.34. The molecular formula is C8H10F3NO4. The molecule has 92 valence electrons. The molecule has 2 N–H and O–H groups in total. The van der Waals surface area contributed by atoms with Crippen molar-refractivity contribution in [2.45, 2.75) is 30.7 Å². The number of carbonyl (C=O) groups is 2. The first-order chi connectivity index (χ1) is 7.24. The summed E-state index contributed by atoms with van der Waals surface area (Å²) >= 11 is 0. The summed E-state index contributed by atoms with van der Waals surface area (Å²) in [6.45, 7) is 0. The molecule has 1 rings (SSSR count). The van der Waals surface area contributed by atoms with E-state index in [9.17, 15) is 22.8 Å². The zero-order chi connectivity index (χ0) is 12.6. The molecule has 0 unspecified atom stereocenters. The lowest BCUT2D eigenvalue weighted by Crippen LogP contribution is -2.65. The van der Waals surface area contributed by atoms with Crippen molar-refractivity contribution in [3.05, 3.63) is 0 Å². The van der Waals surface area contributed by atoms with Crippen molar-refractivity contribution in [1.82, 2.24) is 0 Å². The molecule has 1 fully saturated rings. The molecule has 2 atom stereocenters. The Hall–Kier alpha value is -1.31.